The molecule has 1 saturated heterocycles. The van der Waals surface area contributed by atoms with Crippen molar-refractivity contribution >= 4 is 12.6 Å². The van der Waals surface area contributed by atoms with Gasteiger partial charge in [0, 0.05) is 13.0 Å². The van der Waals surface area contributed by atoms with Gasteiger partial charge in [0.2, 0.25) is 0 Å². The topological polar surface area (TPSA) is 55.4 Å². The molecule has 1 rings (SSSR count). The lowest BCUT2D eigenvalue weighted by Gasteiger charge is -2.15. The van der Waals surface area contributed by atoms with Crippen LogP contribution in [-0.2, 0) is 14.3 Å². The van der Waals surface area contributed by atoms with Crippen molar-refractivity contribution in [3.8, 4) is 0 Å². The molecule has 2 unspecified atom stereocenters. The molecule has 4 heteroatoms. The van der Waals surface area contributed by atoms with Crippen LogP contribution in [0.25, 0.3) is 0 Å². The second kappa shape index (κ2) is 5.00. The Labute approximate surface area is 71.3 Å². The van der Waals surface area contributed by atoms with Gasteiger partial charge in [-0.15, -0.1) is 0 Å². The van der Waals surface area contributed by atoms with E-state index in [1.807, 2.05) is 0 Å². The van der Waals surface area contributed by atoms with E-state index in [0.717, 1.165) is 19.1 Å². The molecule has 0 aliphatic carbocycles. The van der Waals surface area contributed by atoms with Crippen LogP contribution in [0.4, 0.5) is 0 Å². The maximum atomic E-state index is 10.6. The van der Waals surface area contributed by atoms with E-state index in [4.69, 9.17) is 4.74 Å². The molecular weight excluding hydrogens is 158 g/mol. The molecule has 0 saturated carbocycles. The fraction of sp³-hybridized carbons (Fsp3) is 0.750. The molecule has 1 heterocycles. The van der Waals surface area contributed by atoms with Gasteiger partial charge in [-0.1, -0.05) is 0 Å². The van der Waals surface area contributed by atoms with E-state index < -0.39 is 0 Å². The highest BCUT2D eigenvalue weighted by molar-refractivity contribution is 5.56. The predicted molar refractivity (Wildman–Crippen MR) is 42.6 cm³/mol. The lowest BCUT2D eigenvalue weighted by atomic mass is 10.0. The summed E-state index contributed by atoms with van der Waals surface area (Å²) in [5.74, 6) is -0.183. The van der Waals surface area contributed by atoms with E-state index in [9.17, 15) is 9.59 Å². The molecule has 0 aromatic heterocycles. The van der Waals surface area contributed by atoms with Crippen molar-refractivity contribution in [1.82, 2.24) is 5.32 Å². The highest BCUT2D eigenvalue weighted by atomic mass is 16.5. The largest absolute Gasteiger partial charge is 0.361 e. The Morgan fingerprint density at radius 1 is 1.58 bits per heavy atom. The summed E-state index contributed by atoms with van der Waals surface area (Å²) >= 11 is 0. The summed E-state index contributed by atoms with van der Waals surface area (Å²) in [6.45, 7) is 1.44. The number of ether oxygens (including phenoxy) is 1. The summed E-state index contributed by atoms with van der Waals surface area (Å²) in [6.07, 6.45) is 2.50. The minimum atomic E-state index is -0.183. The van der Waals surface area contributed by atoms with E-state index in [0.29, 0.717) is 19.4 Å². The fourth-order valence-corrected chi connectivity index (χ4v) is 1.27. The normalized spacial score (nSPS) is 25.2. The Morgan fingerprint density at radius 2 is 2.42 bits per heavy atom. The number of rotatable bonds is 5. The van der Waals surface area contributed by atoms with E-state index in [1.54, 1.807) is 0 Å². The van der Waals surface area contributed by atoms with Gasteiger partial charge in [-0.3, -0.25) is 5.32 Å². The van der Waals surface area contributed by atoms with Gasteiger partial charge in [-0.2, -0.15) is 0 Å². The minimum absolute atomic E-state index is 0.178. The summed E-state index contributed by atoms with van der Waals surface area (Å²) < 4.78 is 5.24. The maximum Gasteiger partial charge on any atom is 0.127 e. The molecule has 0 aromatic rings. The number of carbonyl (C=O) groups excluding carboxylic acids is 2. The first-order valence-electron chi connectivity index (χ1n) is 4.12. The van der Waals surface area contributed by atoms with Crippen molar-refractivity contribution in [3.05, 3.63) is 0 Å². The summed E-state index contributed by atoms with van der Waals surface area (Å²) in [5, 5.41) is 3.05. The van der Waals surface area contributed by atoms with Crippen LogP contribution in [0.1, 0.15) is 12.8 Å². The van der Waals surface area contributed by atoms with Crippen LogP contribution in [0.5, 0.6) is 0 Å². The van der Waals surface area contributed by atoms with E-state index in [-0.39, 0.29) is 12.1 Å². The van der Waals surface area contributed by atoms with Crippen molar-refractivity contribution in [2.75, 3.05) is 13.2 Å². The van der Waals surface area contributed by atoms with Gasteiger partial charge in [0.25, 0.3) is 0 Å². The molecule has 0 aromatic carbocycles. The summed E-state index contributed by atoms with van der Waals surface area (Å²) in [7, 11) is 0. The highest BCUT2D eigenvalue weighted by Crippen LogP contribution is 2.12. The lowest BCUT2D eigenvalue weighted by molar-refractivity contribution is -0.116. The molecule has 2 atom stereocenters. The second-order valence-electron chi connectivity index (χ2n) is 2.79. The molecule has 0 amide bonds. The van der Waals surface area contributed by atoms with Crippen molar-refractivity contribution in [3.63, 3.8) is 0 Å². The molecule has 0 spiro atoms. The summed E-state index contributed by atoms with van der Waals surface area (Å²) in [4.78, 5) is 20.6. The van der Waals surface area contributed by atoms with Crippen molar-refractivity contribution in [2.24, 2.45) is 5.92 Å². The molecule has 1 fully saturated rings. The zero-order chi connectivity index (χ0) is 8.81. The van der Waals surface area contributed by atoms with Crippen LogP contribution < -0.4 is 5.32 Å². The van der Waals surface area contributed by atoms with Gasteiger partial charge in [-0.05, 0) is 6.42 Å². The molecule has 1 aliphatic heterocycles. The van der Waals surface area contributed by atoms with Crippen molar-refractivity contribution in [2.45, 2.75) is 19.1 Å². The molecular formula is C8H13NO3. The third-order valence-electron chi connectivity index (χ3n) is 1.93. The zero-order valence-electron chi connectivity index (χ0n) is 6.86. The Morgan fingerprint density at radius 3 is 2.92 bits per heavy atom. The second-order valence-corrected chi connectivity index (χ2v) is 2.79. The third kappa shape index (κ3) is 2.39. The number of carbonyl (C=O) groups is 2. The predicted octanol–water partition coefficient (Wildman–Crippen LogP) is -0.274. The standard InChI is InChI=1S/C8H13NO3/c10-4-1-2-7(6-11)8-9-3-5-12-8/h4,6-9H,1-3,5H2. The van der Waals surface area contributed by atoms with Gasteiger partial charge >= 0.3 is 0 Å². The third-order valence-corrected chi connectivity index (χ3v) is 1.93. The first-order valence-corrected chi connectivity index (χ1v) is 4.12. The Kier molecular flexibility index (Phi) is 3.90. The van der Waals surface area contributed by atoms with Crippen LogP contribution in [-0.4, -0.2) is 32.0 Å². The highest BCUT2D eigenvalue weighted by Gasteiger charge is 2.24. The quantitative estimate of drug-likeness (QED) is 0.578. The molecule has 1 aliphatic rings. The molecule has 68 valence electrons. The van der Waals surface area contributed by atoms with E-state index in [2.05, 4.69) is 5.32 Å². The van der Waals surface area contributed by atoms with Crippen LogP contribution in [0.3, 0.4) is 0 Å². The van der Waals surface area contributed by atoms with Gasteiger partial charge in [0.15, 0.2) is 0 Å². The number of nitrogens with one attached hydrogen (secondary N) is 1. The minimum Gasteiger partial charge on any atom is -0.361 e. The van der Waals surface area contributed by atoms with Crippen LogP contribution >= 0.6 is 0 Å². The van der Waals surface area contributed by atoms with Crippen molar-refractivity contribution < 1.29 is 14.3 Å². The average Bonchev–Trinajstić information content (AvgIpc) is 2.59. The Hall–Kier alpha value is -0.740. The van der Waals surface area contributed by atoms with Crippen LogP contribution in [0.2, 0.25) is 0 Å². The molecule has 1 N–H and O–H groups in total. The first kappa shape index (κ1) is 9.35. The smallest absolute Gasteiger partial charge is 0.127 e. The zero-order valence-corrected chi connectivity index (χ0v) is 6.86. The Balaban J connectivity index is 2.32. The van der Waals surface area contributed by atoms with Crippen LogP contribution in [0, 0.1) is 5.92 Å². The van der Waals surface area contributed by atoms with E-state index in [1.165, 1.54) is 0 Å². The summed E-state index contributed by atoms with van der Waals surface area (Å²) in [5.41, 5.74) is 0. The molecule has 4 nitrogen and oxygen atoms in total. The molecule has 0 radical (unpaired) electrons. The first-order chi connectivity index (χ1) is 5.88. The molecule has 12 heavy (non-hydrogen) atoms. The number of hydrogen-bond acceptors (Lipinski definition) is 4. The van der Waals surface area contributed by atoms with Crippen molar-refractivity contribution in [1.29, 1.82) is 0 Å². The average molecular weight is 171 g/mol. The van der Waals surface area contributed by atoms with Gasteiger partial charge < -0.3 is 14.3 Å². The SMILES string of the molecule is O=CCCC(C=O)C1NCCO1. The summed E-state index contributed by atoms with van der Waals surface area (Å²) in [6, 6.07) is 0. The van der Waals surface area contributed by atoms with Gasteiger partial charge in [0.05, 0.1) is 12.5 Å². The number of hydrogen-bond donors (Lipinski definition) is 1. The van der Waals surface area contributed by atoms with Crippen LogP contribution in [0.15, 0.2) is 0 Å². The molecule has 0 bridgehead atoms. The van der Waals surface area contributed by atoms with Gasteiger partial charge in [0.1, 0.15) is 18.8 Å². The number of aldehydes is 2. The maximum absolute atomic E-state index is 10.6. The monoisotopic (exact) mass is 171 g/mol. The Bertz CT molecular complexity index is 154. The van der Waals surface area contributed by atoms with Gasteiger partial charge in [-0.25, -0.2) is 0 Å². The van der Waals surface area contributed by atoms with E-state index >= 15 is 0 Å². The fourth-order valence-electron chi connectivity index (χ4n) is 1.27. The lowest BCUT2D eigenvalue weighted by Crippen LogP contribution is -2.32.